The van der Waals surface area contributed by atoms with Crippen LogP contribution in [0.4, 0.5) is 11.4 Å². The van der Waals surface area contributed by atoms with Crippen molar-refractivity contribution in [1.82, 2.24) is 9.78 Å². The maximum absolute atomic E-state index is 12.3. The summed E-state index contributed by atoms with van der Waals surface area (Å²) < 4.78 is 1.67. The van der Waals surface area contributed by atoms with Crippen LogP contribution >= 0.6 is 0 Å². The molecule has 1 aliphatic heterocycles. The van der Waals surface area contributed by atoms with Gasteiger partial charge in [0, 0.05) is 36.0 Å². The molecule has 0 atom stereocenters. The molecule has 0 radical (unpaired) electrons. The van der Waals surface area contributed by atoms with Gasteiger partial charge < -0.3 is 10.6 Å². The fourth-order valence-electron chi connectivity index (χ4n) is 2.85. The molecule has 120 valence electrons. The van der Waals surface area contributed by atoms with Crippen molar-refractivity contribution in [3.63, 3.8) is 0 Å². The zero-order valence-electron chi connectivity index (χ0n) is 13.7. The summed E-state index contributed by atoms with van der Waals surface area (Å²) in [6, 6.07) is 7.28. The van der Waals surface area contributed by atoms with E-state index in [0.29, 0.717) is 17.8 Å². The second-order valence-electron chi connectivity index (χ2n) is 6.62. The lowest BCUT2D eigenvalue weighted by Gasteiger charge is -2.32. The van der Waals surface area contributed by atoms with E-state index in [0.717, 1.165) is 16.9 Å². The number of amides is 2. The lowest BCUT2D eigenvalue weighted by molar-refractivity contribution is -0.117. The summed E-state index contributed by atoms with van der Waals surface area (Å²) in [7, 11) is 1.80. The molecule has 0 aliphatic carbocycles. The van der Waals surface area contributed by atoms with Crippen molar-refractivity contribution in [3.8, 4) is 0 Å². The Kier molecular flexibility index (Phi) is 3.47. The van der Waals surface area contributed by atoms with E-state index in [1.807, 2.05) is 32.9 Å². The highest BCUT2D eigenvalue weighted by atomic mass is 16.2. The molecule has 1 aliphatic rings. The molecule has 0 bridgehead atoms. The van der Waals surface area contributed by atoms with Crippen molar-refractivity contribution in [2.24, 2.45) is 7.05 Å². The molecule has 0 saturated carbocycles. The van der Waals surface area contributed by atoms with E-state index in [1.165, 1.54) is 0 Å². The molecule has 1 aromatic heterocycles. The Morgan fingerprint density at radius 1 is 1.35 bits per heavy atom. The van der Waals surface area contributed by atoms with Crippen LogP contribution < -0.4 is 10.6 Å². The average molecular weight is 312 g/mol. The van der Waals surface area contributed by atoms with Gasteiger partial charge in [-0.25, -0.2) is 0 Å². The fraction of sp³-hybridized carbons (Fsp3) is 0.353. The van der Waals surface area contributed by atoms with Crippen LogP contribution in [0.3, 0.4) is 0 Å². The van der Waals surface area contributed by atoms with Gasteiger partial charge in [0.2, 0.25) is 5.91 Å². The molecule has 2 aromatic rings. The maximum atomic E-state index is 12.3. The fourth-order valence-corrected chi connectivity index (χ4v) is 2.85. The van der Waals surface area contributed by atoms with Gasteiger partial charge in [0.1, 0.15) is 0 Å². The molecule has 0 spiro atoms. The number of nitrogens with one attached hydrogen (secondary N) is 2. The number of nitrogens with zero attached hydrogens (tertiary/aromatic N) is 2. The van der Waals surface area contributed by atoms with E-state index in [1.54, 1.807) is 23.9 Å². The van der Waals surface area contributed by atoms with Gasteiger partial charge in [-0.15, -0.1) is 0 Å². The normalized spacial score (nSPS) is 15.7. The SMILES string of the molecule is Cc1cc(C(=O)Nc2ccc3c(c2)C(C)(C)CC(=O)N3)nn1C. The minimum absolute atomic E-state index is 0.0169. The maximum Gasteiger partial charge on any atom is 0.276 e. The van der Waals surface area contributed by atoms with Crippen LogP contribution in [-0.4, -0.2) is 21.6 Å². The van der Waals surface area contributed by atoms with E-state index in [2.05, 4.69) is 15.7 Å². The summed E-state index contributed by atoms with van der Waals surface area (Å²) in [4.78, 5) is 24.0. The second-order valence-corrected chi connectivity index (χ2v) is 6.62. The number of anilines is 2. The van der Waals surface area contributed by atoms with Gasteiger partial charge >= 0.3 is 0 Å². The van der Waals surface area contributed by atoms with Crippen LogP contribution in [0, 0.1) is 6.92 Å². The van der Waals surface area contributed by atoms with Gasteiger partial charge in [-0.1, -0.05) is 13.8 Å². The molecule has 0 saturated heterocycles. The number of carbonyl (C=O) groups excluding carboxylic acids is 2. The number of benzene rings is 1. The summed E-state index contributed by atoms with van der Waals surface area (Å²) in [5, 5.41) is 9.92. The van der Waals surface area contributed by atoms with E-state index in [9.17, 15) is 9.59 Å². The Hall–Kier alpha value is -2.63. The van der Waals surface area contributed by atoms with Gasteiger partial charge in [0.25, 0.3) is 5.91 Å². The number of rotatable bonds is 2. The lowest BCUT2D eigenvalue weighted by Crippen LogP contribution is -2.32. The highest BCUT2D eigenvalue weighted by Gasteiger charge is 2.32. The summed E-state index contributed by atoms with van der Waals surface area (Å²) in [5.74, 6) is -0.227. The molecule has 2 N–H and O–H groups in total. The predicted octanol–water partition coefficient (Wildman–Crippen LogP) is 2.60. The zero-order chi connectivity index (χ0) is 16.8. The van der Waals surface area contributed by atoms with Gasteiger partial charge in [0.15, 0.2) is 5.69 Å². The Morgan fingerprint density at radius 3 is 2.74 bits per heavy atom. The molecule has 0 fully saturated rings. The van der Waals surface area contributed by atoms with Gasteiger partial charge in [-0.2, -0.15) is 5.10 Å². The first-order chi connectivity index (χ1) is 10.8. The molecular formula is C17H20N4O2. The predicted molar refractivity (Wildman–Crippen MR) is 88.6 cm³/mol. The van der Waals surface area contributed by atoms with Crippen molar-refractivity contribution in [2.75, 3.05) is 10.6 Å². The molecule has 2 heterocycles. The first-order valence-corrected chi connectivity index (χ1v) is 7.53. The third-order valence-electron chi connectivity index (χ3n) is 4.23. The van der Waals surface area contributed by atoms with Crippen LogP contribution in [0.25, 0.3) is 0 Å². The van der Waals surface area contributed by atoms with Crippen molar-refractivity contribution in [3.05, 3.63) is 41.2 Å². The number of hydrogen-bond donors (Lipinski definition) is 2. The topological polar surface area (TPSA) is 76.0 Å². The number of aromatic nitrogens is 2. The van der Waals surface area contributed by atoms with E-state index >= 15 is 0 Å². The molecule has 2 amide bonds. The van der Waals surface area contributed by atoms with Crippen molar-refractivity contribution >= 4 is 23.2 Å². The average Bonchev–Trinajstić information content (AvgIpc) is 2.79. The quantitative estimate of drug-likeness (QED) is 0.895. The monoisotopic (exact) mass is 312 g/mol. The molecule has 0 unspecified atom stereocenters. The third-order valence-corrected chi connectivity index (χ3v) is 4.23. The molecule has 6 heteroatoms. The zero-order valence-corrected chi connectivity index (χ0v) is 13.7. The lowest BCUT2D eigenvalue weighted by atomic mass is 9.78. The Balaban J connectivity index is 1.87. The molecule has 23 heavy (non-hydrogen) atoms. The minimum Gasteiger partial charge on any atom is -0.326 e. The first-order valence-electron chi connectivity index (χ1n) is 7.53. The summed E-state index contributed by atoms with van der Waals surface area (Å²) >= 11 is 0. The number of fused-ring (bicyclic) bond motifs is 1. The number of aryl methyl sites for hydroxylation is 2. The van der Waals surface area contributed by atoms with Crippen LogP contribution in [0.15, 0.2) is 24.3 Å². The first kappa shape index (κ1) is 15.3. The molecular weight excluding hydrogens is 292 g/mol. The van der Waals surface area contributed by atoms with Crippen LogP contribution in [0.2, 0.25) is 0 Å². The summed E-state index contributed by atoms with van der Waals surface area (Å²) in [5.41, 5.74) is 3.56. The summed E-state index contributed by atoms with van der Waals surface area (Å²) in [6.45, 7) is 5.95. The number of carbonyl (C=O) groups is 2. The van der Waals surface area contributed by atoms with Crippen molar-refractivity contribution in [1.29, 1.82) is 0 Å². The Morgan fingerprint density at radius 2 is 2.09 bits per heavy atom. The van der Waals surface area contributed by atoms with Crippen LogP contribution in [-0.2, 0) is 17.3 Å². The minimum atomic E-state index is -0.264. The van der Waals surface area contributed by atoms with Crippen molar-refractivity contribution in [2.45, 2.75) is 32.6 Å². The highest BCUT2D eigenvalue weighted by molar-refractivity contribution is 6.03. The number of hydrogen-bond acceptors (Lipinski definition) is 3. The van der Waals surface area contributed by atoms with E-state index in [-0.39, 0.29) is 17.2 Å². The van der Waals surface area contributed by atoms with Crippen LogP contribution in [0.1, 0.15) is 42.0 Å². The Bertz CT molecular complexity index is 785. The van der Waals surface area contributed by atoms with Crippen LogP contribution in [0.5, 0.6) is 0 Å². The highest BCUT2D eigenvalue weighted by Crippen LogP contribution is 2.38. The van der Waals surface area contributed by atoms with Gasteiger partial charge in [-0.05, 0) is 36.8 Å². The molecule has 3 rings (SSSR count). The van der Waals surface area contributed by atoms with Gasteiger partial charge in [-0.3, -0.25) is 14.3 Å². The van der Waals surface area contributed by atoms with E-state index in [4.69, 9.17) is 0 Å². The Labute approximate surface area is 134 Å². The summed E-state index contributed by atoms with van der Waals surface area (Å²) in [6.07, 6.45) is 0.427. The van der Waals surface area contributed by atoms with Crippen molar-refractivity contribution < 1.29 is 9.59 Å². The van der Waals surface area contributed by atoms with E-state index < -0.39 is 0 Å². The standard InChI is InChI=1S/C17H20N4O2/c1-10-7-14(20-21(10)4)16(23)18-11-5-6-13-12(8-11)17(2,3)9-15(22)19-13/h5-8H,9H2,1-4H3,(H,18,23)(H,19,22). The molecule has 6 nitrogen and oxygen atoms in total. The molecule has 1 aromatic carbocycles. The third kappa shape index (κ3) is 2.84. The largest absolute Gasteiger partial charge is 0.326 e. The van der Waals surface area contributed by atoms with Gasteiger partial charge in [0.05, 0.1) is 0 Å². The smallest absolute Gasteiger partial charge is 0.276 e. The second kappa shape index (κ2) is 5.22.